The van der Waals surface area contributed by atoms with E-state index in [0.717, 1.165) is 42.9 Å². The Morgan fingerprint density at radius 1 is 1.33 bits per heavy atom. The van der Waals surface area contributed by atoms with Crippen LogP contribution >= 0.6 is 11.6 Å². The van der Waals surface area contributed by atoms with Crippen molar-refractivity contribution in [2.24, 2.45) is 5.92 Å². The minimum Gasteiger partial charge on any atom is -0.493 e. The van der Waals surface area contributed by atoms with Crippen LogP contribution in [0.15, 0.2) is 24.4 Å². The standard InChI is InChI=1S/C19H24ClN5O2/c20-14-1-2-18-16(10-14)17(5-8-27-18)22-19(26)12-25-11-15(23-24-25)9-13-3-6-21-7-4-13/h1-2,10-11,13,17,21H,3-9,12H2,(H,22,26). The number of hydrogen-bond acceptors (Lipinski definition) is 5. The van der Waals surface area contributed by atoms with Gasteiger partial charge in [0.25, 0.3) is 0 Å². The molecule has 1 aromatic heterocycles. The summed E-state index contributed by atoms with van der Waals surface area (Å²) < 4.78 is 7.26. The SMILES string of the molecule is O=C(Cn1cc(CC2CCNCC2)nn1)NC1CCOc2ccc(Cl)cc21. The van der Waals surface area contributed by atoms with Crippen LogP contribution in [0.25, 0.3) is 0 Å². The summed E-state index contributed by atoms with van der Waals surface area (Å²) in [6, 6.07) is 5.40. The molecule has 2 aromatic rings. The molecule has 1 aromatic carbocycles. The molecule has 1 amide bonds. The third-order valence-corrected chi connectivity index (χ3v) is 5.43. The highest BCUT2D eigenvalue weighted by Gasteiger charge is 2.23. The Bertz CT molecular complexity index is 803. The molecule has 1 saturated heterocycles. The molecule has 3 heterocycles. The number of benzene rings is 1. The molecule has 2 aliphatic heterocycles. The molecule has 1 unspecified atom stereocenters. The van der Waals surface area contributed by atoms with Crippen LogP contribution in [-0.4, -0.2) is 40.6 Å². The van der Waals surface area contributed by atoms with Gasteiger partial charge in [-0.25, -0.2) is 4.68 Å². The lowest BCUT2D eigenvalue weighted by Gasteiger charge is -2.26. The molecule has 1 atom stereocenters. The summed E-state index contributed by atoms with van der Waals surface area (Å²) in [5, 5.41) is 15.4. The molecule has 0 spiro atoms. The Morgan fingerprint density at radius 3 is 3.04 bits per heavy atom. The molecule has 4 rings (SSSR count). The second kappa shape index (κ2) is 8.27. The van der Waals surface area contributed by atoms with Gasteiger partial charge in [0.05, 0.1) is 18.3 Å². The maximum atomic E-state index is 12.5. The number of hydrogen-bond donors (Lipinski definition) is 2. The van der Waals surface area contributed by atoms with Crippen molar-refractivity contribution >= 4 is 17.5 Å². The molecule has 144 valence electrons. The van der Waals surface area contributed by atoms with E-state index >= 15 is 0 Å². The number of fused-ring (bicyclic) bond motifs is 1. The largest absolute Gasteiger partial charge is 0.493 e. The zero-order chi connectivity index (χ0) is 18.6. The van der Waals surface area contributed by atoms with Gasteiger partial charge in [-0.3, -0.25) is 4.79 Å². The van der Waals surface area contributed by atoms with Gasteiger partial charge in [0.2, 0.25) is 5.91 Å². The van der Waals surface area contributed by atoms with E-state index < -0.39 is 0 Å². The molecule has 2 N–H and O–H groups in total. The smallest absolute Gasteiger partial charge is 0.242 e. The first-order valence-electron chi connectivity index (χ1n) is 9.49. The van der Waals surface area contributed by atoms with Crippen LogP contribution in [0.4, 0.5) is 0 Å². The number of carbonyl (C=O) groups excluding carboxylic acids is 1. The van der Waals surface area contributed by atoms with E-state index in [-0.39, 0.29) is 18.5 Å². The second-order valence-electron chi connectivity index (χ2n) is 7.24. The quantitative estimate of drug-likeness (QED) is 0.818. The summed E-state index contributed by atoms with van der Waals surface area (Å²) in [5.41, 5.74) is 1.88. The highest BCUT2D eigenvalue weighted by Crippen LogP contribution is 2.33. The molecular formula is C19H24ClN5O2. The lowest BCUT2D eigenvalue weighted by Crippen LogP contribution is -2.34. The minimum absolute atomic E-state index is 0.0915. The Labute approximate surface area is 163 Å². The summed E-state index contributed by atoms with van der Waals surface area (Å²) in [5.74, 6) is 1.33. The molecule has 0 bridgehead atoms. The molecule has 2 aliphatic rings. The maximum absolute atomic E-state index is 12.5. The minimum atomic E-state index is -0.0994. The van der Waals surface area contributed by atoms with Gasteiger partial charge in [0.15, 0.2) is 0 Å². The van der Waals surface area contributed by atoms with Gasteiger partial charge in [0.1, 0.15) is 12.3 Å². The summed E-state index contributed by atoms with van der Waals surface area (Å²) in [4.78, 5) is 12.5. The molecule has 0 aliphatic carbocycles. The van der Waals surface area contributed by atoms with E-state index in [1.165, 1.54) is 12.8 Å². The van der Waals surface area contributed by atoms with Crippen molar-refractivity contribution < 1.29 is 9.53 Å². The number of nitrogens with zero attached hydrogens (tertiary/aromatic N) is 3. The fourth-order valence-corrected chi connectivity index (χ4v) is 3.97. The number of nitrogens with one attached hydrogen (secondary N) is 2. The fourth-order valence-electron chi connectivity index (χ4n) is 3.79. The average Bonchev–Trinajstić information content (AvgIpc) is 3.09. The molecular weight excluding hydrogens is 366 g/mol. The van der Waals surface area contributed by atoms with Crippen LogP contribution in [0.5, 0.6) is 5.75 Å². The third kappa shape index (κ3) is 4.59. The lowest BCUT2D eigenvalue weighted by molar-refractivity contribution is -0.122. The van der Waals surface area contributed by atoms with Crippen molar-refractivity contribution in [2.75, 3.05) is 19.7 Å². The lowest BCUT2D eigenvalue weighted by atomic mass is 9.93. The molecule has 0 radical (unpaired) electrons. The van der Waals surface area contributed by atoms with Gasteiger partial charge in [-0.15, -0.1) is 5.10 Å². The normalized spacial score (nSPS) is 20.0. The molecule has 27 heavy (non-hydrogen) atoms. The van der Waals surface area contributed by atoms with E-state index in [1.54, 1.807) is 10.7 Å². The molecule has 1 fully saturated rings. The number of aromatic nitrogens is 3. The van der Waals surface area contributed by atoms with Gasteiger partial charge < -0.3 is 15.4 Å². The first kappa shape index (κ1) is 18.3. The first-order valence-corrected chi connectivity index (χ1v) is 9.86. The Hall–Kier alpha value is -2.12. The van der Waals surface area contributed by atoms with Crippen molar-refractivity contribution in [3.8, 4) is 5.75 Å². The fraction of sp³-hybridized carbons (Fsp3) is 0.526. The van der Waals surface area contributed by atoms with Crippen molar-refractivity contribution in [3.05, 3.63) is 40.7 Å². The van der Waals surface area contributed by atoms with Crippen molar-refractivity contribution in [2.45, 2.75) is 38.3 Å². The number of halogens is 1. The predicted octanol–water partition coefficient (Wildman–Crippen LogP) is 2.11. The first-order chi connectivity index (χ1) is 13.2. The zero-order valence-electron chi connectivity index (χ0n) is 15.2. The van der Waals surface area contributed by atoms with E-state index in [1.807, 2.05) is 18.3 Å². The van der Waals surface area contributed by atoms with Crippen LogP contribution in [-0.2, 0) is 17.8 Å². The predicted molar refractivity (Wildman–Crippen MR) is 102 cm³/mol. The number of carbonyl (C=O) groups is 1. The second-order valence-corrected chi connectivity index (χ2v) is 7.68. The zero-order valence-corrected chi connectivity index (χ0v) is 15.9. The van der Waals surface area contributed by atoms with Crippen molar-refractivity contribution in [3.63, 3.8) is 0 Å². The van der Waals surface area contributed by atoms with Gasteiger partial charge in [-0.1, -0.05) is 16.8 Å². The number of amides is 1. The van der Waals surface area contributed by atoms with Crippen LogP contribution < -0.4 is 15.4 Å². The summed E-state index contributed by atoms with van der Waals surface area (Å²) in [7, 11) is 0. The summed E-state index contributed by atoms with van der Waals surface area (Å²) in [6.45, 7) is 2.87. The van der Waals surface area contributed by atoms with Gasteiger partial charge >= 0.3 is 0 Å². The van der Waals surface area contributed by atoms with E-state index in [4.69, 9.17) is 16.3 Å². The van der Waals surface area contributed by atoms with Crippen LogP contribution in [0.1, 0.15) is 36.6 Å². The monoisotopic (exact) mass is 389 g/mol. The van der Waals surface area contributed by atoms with Gasteiger partial charge in [0, 0.05) is 23.2 Å². The van der Waals surface area contributed by atoms with Crippen molar-refractivity contribution in [1.29, 1.82) is 0 Å². The van der Waals surface area contributed by atoms with E-state index in [0.29, 0.717) is 17.5 Å². The topological polar surface area (TPSA) is 81.1 Å². The number of rotatable bonds is 5. The Balaban J connectivity index is 1.34. The Kier molecular flexibility index (Phi) is 5.59. The molecule has 7 nitrogen and oxygen atoms in total. The summed E-state index contributed by atoms with van der Waals surface area (Å²) in [6.07, 6.45) is 5.86. The Morgan fingerprint density at radius 2 is 2.19 bits per heavy atom. The van der Waals surface area contributed by atoms with E-state index in [9.17, 15) is 4.79 Å². The van der Waals surface area contributed by atoms with Crippen LogP contribution in [0.2, 0.25) is 5.02 Å². The highest BCUT2D eigenvalue weighted by atomic mass is 35.5. The molecule has 8 heteroatoms. The maximum Gasteiger partial charge on any atom is 0.242 e. The number of ether oxygens (including phenoxy) is 1. The highest BCUT2D eigenvalue weighted by molar-refractivity contribution is 6.30. The summed E-state index contributed by atoms with van der Waals surface area (Å²) >= 11 is 6.10. The van der Waals surface area contributed by atoms with Gasteiger partial charge in [-0.05, 0) is 56.5 Å². The third-order valence-electron chi connectivity index (χ3n) is 5.19. The van der Waals surface area contributed by atoms with Gasteiger partial charge in [-0.2, -0.15) is 0 Å². The van der Waals surface area contributed by atoms with Crippen molar-refractivity contribution in [1.82, 2.24) is 25.6 Å². The number of piperidine rings is 1. The van der Waals surface area contributed by atoms with E-state index in [2.05, 4.69) is 20.9 Å². The molecule has 0 saturated carbocycles. The van der Waals surface area contributed by atoms with Crippen LogP contribution in [0.3, 0.4) is 0 Å². The van der Waals surface area contributed by atoms with Crippen LogP contribution in [0, 0.1) is 5.92 Å². The average molecular weight is 390 g/mol.